The van der Waals surface area contributed by atoms with Gasteiger partial charge in [-0.15, -0.1) is 12.4 Å². The number of ether oxygens (including phenoxy) is 1. The van der Waals surface area contributed by atoms with E-state index < -0.39 is 10.0 Å². The summed E-state index contributed by atoms with van der Waals surface area (Å²) >= 11 is 0. The molecule has 0 radical (unpaired) electrons. The van der Waals surface area contributed by atoms with Crippen LogP contribution in [0.3, 0.4) is 0 Å². The zero-order valence-corrected chi connectivity index (χ0v) is 15.4. The number of halogens is 1. The van der Waals surface area contributed by atoms with E-state index in [0.717, 1.165) is 5.56 Å². The maximum atomic E-state index is 12.3. The van der Waals surface area contributed by atoms with Crippen molar-refractivity contribution in [2.45, 2.75) is 12.6 Å². The van der Waals surface area contributed by atoms with E-state index >= 15 is 0 Å². The van der Waals surface area contributed by atoms with E-state index in [1.807, 2.05) is 6.07 Å². The number of sulfonamides is 1. The highest BCUT2D eigenvalue weighted by atomic mass is 35.5. The molecule has 24 heavy (non-hydrogen) atoms. The molecule has 1 aromatic rings. The van der Waals surface area contributed by atoms with Crippen LogP contribution in [0.2, 0.25) is 0 Å². The number of hydrogen-bond donors (Lipinski definition) is 2. The number of nitrogens with one attached hydrogen (secondary N) is 1. The van der Waals surface area contributed by atoms with Crippen LogP contribution in [0.5, 0.6) is 0 Å². The Hall–Kier alpha value is -1.19. The first-order valence-electron chi connectivity index (χ1n) is 7.41. The molecule has 1 heterocycles. The molecule has 0 saturated carbocycles. The molecular weight excluding hydrogens is 354 g/mol. The normalized spacial score (nSPS) is 20.7. The Morgan fingerprint density at radius 2 is 2.08 bits per heavy atom. The third-order valence-corrected chi connectivity index (χ3v) is 5.88. The Balaban J connectivity index is 0.00000288. The van der Waals surface area contributed by atoms with E-state index in [2.05, 4.69) is 5.32 Å². The van der Waals surface area contributed by atoms with Gasteiger partial charge in [-0.05, 0) is 17.7 Å². The van der Waals surface area contributed by atoms with E-state index in [-0.39, 0.29) is 36.0 Å². The van der Waals surface area contributed by atoms with E-state index in [9.17, 15) is 13.2 Å². The summed E-state index contributed by atoms with van der Waals surface area (Å²) in [6.07, 6.45) is 0. The number of benzene rings is 1. The Bertz CT molecular complexity index is 666. The summed E-state index contributed by atoms with van der Waals surface area (Å²) in [5, 5.41) is 2.87. The van der Waals surface area contributed by atoms with Crippen molar-refractivity contribution in [1.29, 1.82) is 0 Å². The van der Waals surface area contributed by atoms with Crippen LogP contribution >= 0.6 is 12.4 Å². The Morgan fingerprint density at radius 1 is 1.38 bits per heavy atom. The SMILES string of the molecule is CN(C)S(=O)(=O)C[C@@H]1COC[C@H]1NC(=O)c1cccc(CN)c1.Cl. The Labute approximate surface area is 149 Å². The van der Waals surface area contributed by atoms with Crippen LogP contribution < -0.4 is 11.1 Å². The fourth-order valence-corrected chi connectivity index (χ4v) is 3.60. The van der Waals surface area contributed by atoms with Gasteiger partial charge in [0.2, 0.25) is 10.0 Å². The van der Waals surface area contributed by atoms with Gasteiger partial charge < -0.3 is 15.8 Å². The van der Waals surface area contributed by atoms with Gasteiger partial charge in [0.05, 0.1) is 25.0 Å². The minimum atomic E-state index is -3.34. The van der Waals surface area contributed by atoms with Gasteiger partial charge in [-0.3, -0.25) is 4.79 Å². The molecule has 0 bridgehead atoms. The molecule has 1 aromatic carbocycles. The lowest BCUT2D eigenvalue weighted by Crippen LogP contribution is -2.43. The summed E-state index contributed by atoms with van der Waals surface area (Å²) in [6, 6.07) is 6.74. The highest BCUT2D eigenvalue weighted by Crippen LogP contribution is 2.18. The number of carbonyl (C=O) groups excluding carboxylic acids is 1. The first kappa shape index (κ1) is 20.9. The van der Waals surface area contributed by atoms with E-state index in [1.165, 1.54) is 18.4 Å². The van der Waals surface area contributed by atoms with Gasteiger partial charge in [-0.1, -0.05) is 12.1 Å². The molecular formula is C15H24ClN3O4S. The monoisotopic (exact) mass is 377 g/mol. The van der Waals surface area contributed by atoms with Crippen LogP contribution in [0.4, 0.5) is 0 Å². The van der Waals surface area contributed by atoms with Crippen LogP contribution in [0, 0.1) is 5.92 Å². The molecule has 1 fully saturated rings. The van der Waals surface area contributed by atoms with Gasteiger partial charge in [0.1, 0.15) is 0 Å². The minimum absolute atomic E-state index is 0. The van der Waals surface area contributed by atoms with Crippen molar-refractivity contribution in [3.63, 3.8) is 0 Å². The fraction of sp³-hybridized carbons (Fsp3) is 0.533. The number of nitrogens with two attached hydrogens (primary N) is 1. The molecule has 0 unspecified atom stereocenters. The van der Waals surface area contributed by atoms with E-state index in [0.29, 0.717) is 25.3 Å². The molecule has 1 aliphatic heterocycles. The standard InChI is InChI=1S/C15H23N3O4S.ClH/c1-18(2)23(20,21)10-13-8-22-9-14(13)17-15(19)12-5-3-4-11(6-12)7-16;/h3-6,13-14H,7-10,16H2,1-2H3,(H,17,19);1H/t13-,14+;/m0./s1. The third kappa shape index (κ3) is 5.15. The van der Waals surface area contributed by atoms with Crippen molar-refractivity contribution in [2.24, 2.45) is 11.7 Å². The largest absolute Gasteiger partial charge is 0.379 e. The van der Waals surface area contributed by atoms with Crippen molar-refractivity contribution in [3.8, 4) is 0 Å². The van der Waals surface area contributed by atoms with Crippen molar-refractivity contribution < 1.29 is 17.9 Å². The molecule has 1 aliphatic rings. The molecule has 2 atom stereocenters. The summed E-state index contributed by atoms with van der Waals surface area (Å²) in [6.45, 7) is 0.994. The predicted octanol–water partition coefficient (Wildman–Crippen LogP) is 0.203. The second kappa shape index (κ2) is 8.77. The predicted molar refractivity (Wildman–Crippen MR) is 94.6 cm³/mol. The second-order valence-electron chi connectivity index (χ2n) is 5.84. The molecule has 136 valence electrons. The summed E-state index contributed by atoms with van der Waals surface area (Å²) in [5.41, 5.74) is 6.96. The lowest BCUT2D eigenvalue weighted by atomic mass is 10.0. The smallest absolute Gasteiger partial charge is 0.251 e. The summed E-state index contributed by atoms with van der Waals surface area (Å²) < 4.78 is 30.6. The van der Waals surface area contributed by atoms with Gasteiger partial charge in [-0.2, -0.15) is 0 Å². The molecule has 0 aromatic heterocycles. The van der Waals surface area contributed by atoms with Gasteiger partial charge in [-0.25, -0.2) is 12.7 Å². The number of nitrogens with zero attached hydrogens (tertiary/aromatic N) is 1. The molecule has 0 spiro atoms. The van der Waals surface area contributed by atoms with Crippen molar-refractivity contribution in [3.05, 3.63) is 35.4 Å². The summed E-state index contributed by atoms with van der Waals surface area (Å²) in [4.78, 5) is 12.3. The van der Waals surface area contributed by atoms with Gasteiger partial charge >= 0.3 is 0 Å². The quantitative estimate of drug-likeness (QED) is 0.737. The first-order valence-corrected chi connectivity index (χ1v) is 9.02. The number of hydrogen-bond acceptors (Lipinski definition) is 5. The lowest BCUT2D eigenvalue weighted by molar-refractivity contribution is 0.0926. The maximum absolute atomic E-state index is 12.3. The van der Waals surface area contributed by atoms with Gasteiger partial charge in [0.15, 0.2) is 0 Å². The van der Waals surface area contributed by atoms with Crippen molar-refractivity contribution in [2.75, 3.05) is 33.1 Å². The molecule has 1 saturated heterocycles. The molecule has 9 heteroatoms. The van der Waals surface area contributed by atoms with E-state index in [1.54, 1.807) is 18.2 Å². The van der Waals surface area contributed by atoms with Gasteiger partial charge in [0, 0.05) is 32.1 Å². The first-order chi connectivity index (χ1) is 10.8. The highest BCUT2D eigenvalue weighted by Gasteiger charge is 2.34. The lowest BCUT2D eigenvalue weighted by Gasteiger charge is -2.21. The molecule has 2 rings (SSSR count). The average molecular weight is 378 g/mol. The zero-order chi connectivity index (χ0) is 17.0. The third-order valence-electron chi connectivity index (χ3n) is 3.92. The minimum Gasteiger partial charge on any atom is -0.379 e. The van der Waals surface area contributed by atoms with Crippen LogP contribution in [0.25, 0.3) is 0 Å². The van der Waals surface area contributed by atoms with Gasteiger partial charge in [0.25, 0.3) is 5.91 Å². The topological polar surface area (TPSA) is 102 Å². The fourth-order valence-electron chi connectivity index (χ4n) is 2.43. The molecule has 1 amide bonds. The van der Waals surface area contributed by atoms with Crippen molar-refractivity contribution >= 4 is 28.3 Å². The van der Waals surface area contributed by atoms with Crippen LogP contribution in [-0.2, 0) is 21.3 Å². The highest BCUT2D eigenvalue weighted by molar-refractivity contribution is 7.89. The van der Waals surface area contributed by atoms with Crippen LogP contribution in [0.15, 0.2) is 24.3 Å². The van der Waals surface area contributed by atoms with Crippen molar-refractivity contribution in [1.82, 2.24) is 9.62 Å². The Morgan fingerprint density at radius 3 is 2.71 bits per heavy atom. The Kier molecular flexibility index (Phi) is 7.62. The average Bonchev–Trinajstić information content (AvgIpc) is 2.93. The zero-order valence-electron chi connectivity index (χ0n) is 13.8. The summed E-state index contributed by atoms with van der Waals surface area (Å²) in [7, 11) is -0.346. The molecule has 3 N–H and O–H groups in total. The number of rotatable bonds is 6. The molecule has 7 nitrogen and oxygen atoms in total. The maximum Gasteiger partial charge on any atom is 0.251 e. The van der Waals surface area contributed by atoms with E-state index in [4.69, 9.17) is 10.5 Å². The van der Waals surface area contributed by atoms with Crippen LogP contribution in [0.1, 0.15) is 15.9 Å². The molecule has 0 aliphatic carbocycles. The van der Waals surface area contributed by atoms with Crippen LogP contribution in [-0.4, -0.2) is 57.7 Å². The number of carbonyl (C=O) groups is 1. The second-order valence-corrected chi connectivity index (χ2v) is 8.07. The summed E-state index contributed by atoms with van der Waals surface area (Å²) in [5.74, 6) is -0.555. The number of amides is 1.